The Hall–Kier alpha value is -2.49. The molecule has 0 aliphatic carbocycles. The zero-order chi connectivity index (χ0) is 24.2. The molecule has 2 aliphatic heterocycles. The maximum absolute atomic E-state index is 13.8. The van der Waals surface area contributed by atoms with Crippen LogP contribution in [-0.4, -0.2) is 58.9 Å². The summed E-state index contributed by atoms with van der Waals surface area (Å²) in [5.74, 6) is 1.49. The predicted octanol–water partition coefficient (Wildman–Crippen LogP) is 3.40. The van der Waals surface area contributed by atoms with Gasteiger partial charge < -0.3 is 20.1 Å². The van der Waals surface area contributed by atoms with Crippen molar-refractivity contribution < 1.29 is 9.47 Å². The molecule has 0 radical (unpaired) electrons. The van der Waals surface area contributed by atoms with Crippen molar-refractivity contribution in [3.05, 3.63) is 51.4 Å². The Morgan fingerprint density at radius 3 is 2.71 bits per heavy atom. The van der Waals surface area contributed by atoms with E-state index < -0.39 is 0 Å². The van der Waals surface area contributed by atoms with E-state index in [1.165, 1.54) is 0 Å². The van der Waals surface area contributed by atoms with E-state index in [-0.39, 0.29) is 23.2 Å². The number of benzene rings is 1. The van der Waals surface area contributed by atoms with Gasteiger partial charge in [-0.2, -0.15) is 0 Å². The molecule has 3 heterocycles. The van der Waals surface area contributed by atoms with Crippen LogP contribution in [0.3, 0.4) is 0 Å². The minimum Gasteiger partial charge on any atom is -0.497 e. The number of nitrogens with one attached hydrogen (secondary N) is 2. The Labute approximate surface area is 205 Å². The van der Waals surface area contributed by atoms with E-state index in [1.54, 1.807) is 23.4 Å². The quantitative estimate of drug-likeness (QED) is 0.560. The van der Waals surface area contributed by atoms with Crippen LogP contribution >= 0.6 is 11.8 Å². The maximum atomic E-state index is 13.8. The van der Waals surface area contributed by atoms with Gasteiger partial charge in [-0.1, -0.05) is 18.7 Å². The molecule has 4 rings (SSSR count). The second kappa shape index (κ2) is 10.8. The third-order valence-corrected chi connectivity index (χ3v) is 7.41. The van der Waals surface area contributed by atoms with Gasteiger partial charge in [-0.15, -0.1) is 0 Å². The van der Waals surface area contributed by atoms with Gasteiger partial charge in [0, 0.05) is 38.0 Å². The van der Waals surface area contributed by atoms with E-state index in [2.05, 4.69) is 20.9 Å². The summed E-state index contributed by atoms with van der Waals surface area (Å²) >= 11 is 1.75. The summed E-state index contributed by atoms with van der Waals surface area (Å²) in [5, 5.41) is 9.01. The predicted molar refractivity (Wildman–Crippen MR) is 138 cm³/mol. The molecule has 8 nitrogen and oxygen atoms in total. The van der Waals surface area contributed by atoms with Gasteiger partial charge in [-0.3, -0.25) is 14.3 Å². The van der Waals surface area contributed by atoms with Crippen molar-refractivity contribution in [2.75, 3.05) is 32.1 Å². The van der Waals surface area contributed by atoms with Crippen LogP contribution in [0.4, 0.5) is 5.69 Å². The summed E-state index contributed by atoms with van der Waals surface area (Å²) < 4.78 is 13.2. The fourth-order valence-corrected chi connectivity index (χ4v) is 5.49. The SMILES string of the molecule is CCO[C@H]1CN(C2NC=CS2)CC1Nc1c(CC)nc(-c2ccc(OC)cc2C)n(CC)c1=O. The number of thioether (sulfide) groups is 1. The third-order valence-electron chi connectivity index (χ3n) is 6.42. The lowest BCUT2D eigenvalue weighted by Crippen LogP contribution is -2.40. The zero-order valence-electron chi connectivity index (χ0n) is 20.6. The first kappa shape index (κ1) is 24.6. The van der Waals surface area contributed by atoms with E-state index in [0.717, 1.165) is 35.7 Å². The number of rotatable bonds is 9. The molecule has 1 saturated heterocycles. The number of ether oxygens (including phenoxy) is 2. The van der Waals surface area contributed by atoms with E-state index in [9.17, 15) is 4.79 Å². The molecule has 3 atom stereocenters. The number of hydrogen-bond acceptors (Lipinski definition) is 8. The molecule has 9 heteroatoms. The highest BCUT2D eigenvalue weighted by Crippen LogP contribution is 2.29. The lowest BCUT2D eigenvalue weighted by Gasteiger charge is -2.24. The summed E-state index contributed by atoms with van der Waals surface area (Å²) in [4.78, 5) is 21.1. The summed E-state index contributed by atoms with van der Waals surface area (Å²) in [6.45, 7) is 10.8. The molecule has 2 N–H and O–H groups in total. The highest BCUT2D eigenvalue weighted by Gasteiger charge is 2.38. The van der Waals surface area contributed by atoms with E-state index >= 15 is 0 Å². The summed E-state index contributed by atoms with van der Waals surface area (Å²) in [7, 11) is 1.65. The monoisotopic (exact) mass is 485 g/mol. The maximum Gasteiger partial charge on any atom is 0.277 e. The van der Waals surface area contributed by atoms with E-state index in [4.69, 9.17) is 14.5 Å². The fraction of sp³-hybridized carbons (Fsp3) is 0.520. The van der Waals surface area contributed by atoms with Crippen LogP contribution in [0.25, 0.3) is 11.4 Å². The average Bonchev–Trinajstić information content (AvgIpc) is 3.51. The molecule has 2 aromatic rings. The molecule has 0 bridgehead atoms. The molecular weight excluding hydrogens is 450 g/mol. The normalized spacial score (nSPS) is 22.2. The second-order valence-corrected chi connectivity index (χ2v) is 9.49. The van der Waals surface area contributed by atoms with Crippen LogP contribution in [0, 0.1) is 6.92 Å². The Bertz CT molecular complexity index is 1090. The van der Waals surface area contributed by atoms with E-state index in [1.807, 2.05) is 52.1 Å². The van der Waals surface area contributed by atoms with Gasteiger partial charge >= 0.3 is 0 Å². The van der Waals surface area contributed by atoms with Gasteiger partial charge in [0.25, 0.3) is 5.56 Å². The molecule has 34 heavy (non-hydrogen) atoms. The van der Waals surface area contributed by atoms with Crippen LogP contribution in [0.2, 0.25) is 0 Å². The van der Waals surface area contributed by atoms with Gasteiger partial charge in [-0.25, -0.2) is 4.98 Å². The second-order valence-electron chi connectivity index (χ2n) is 8.50. The van der Waals surface area contributed by atoms with Crippen LogP contribution in [0.1, 0.15) is 32.0 Å². The lowest BCUT2D eigenvalue weighted by atomic mass is 10.1. The molecule has 184 valence electrons. The highest BCUT2D eigenvalue weighted by atomic mass is 32.2. The Morgan fingerprint density at radius 2 is 2.09 bits per heavy atom. The van der Waals surface area contributed by atoms with Crippen molar-refractivity contribution in [3.8, 4) is 17.1 Å². The Morgan fingerprint density at radius 1 is 1.26 bits per heavy atom. The van der Waals surface area contributed by atoms with Crippen molar-refractivity contribution in [1.82, 2.24) is 19.8 Å². The van der Waals surface area contributed by atoms with Gasteiger partial charge in [-0.05, 0) is 56.4 Å². The average molecular weight is 486 g/mol. The fourth-order valence-electron chi connectivity index (χ4n) is 4.68. The number of hydrogen-bond donors (Lipinski definition) is 2. The Kier molecular flexibility index (Phi) is 7.85. The molecule has 2 aliphatic rings. The molecule has 1 fully saturated rings. The molecule has 0 amide bonds. The van der Waals surface area contributed by atoms with Gasteiger partial charge in [0.05, 0.1) is 24.9 Å². The lowest BCUT2D eigenvalue weighted by molar-refractivity contribution is 0.0623. The van der Waals surface area contributed by atoms with Gasteiger partial charge in [0.15, 0.2) is 0 Å². The Balaban J connectivity index is 1.69. The smallest absolute Gasteiger partial charge is 0.277 e. The van der Waals surface area contributed by atoms with Crippen LogP contribution in [0.15, 0.2) is 34.6 Å². The molecule has 2 unspecified atom stereocenters. The van der Waals surface area contributed by atoms with Crippen molar-refractivity contribution in [2.24, 2.45) is 0 Å². The first-order valence-corrected chi connectivity index (χ1v) is 12.9. The molecule has 1 aromatic heterocycles. The van der Waals surface area contributed by atoms with Gasteiger partial charge in [0.1, 0.15) is 22.8 Å². The summed E-state index contributed by atoms with van der Waals surface area (Å²) in [6, 6.07) is 5.87. The molecule has 1 aromatic carbocycles. The van der Waals surface area contributed by atoms with Crippen molar-refractivity contribution in [1.29, 1.82) is 0 Å². The van der Waals surface area contributed by atoms with Crippen LogP contribution in [-0.2, 0) is 17.7 Å². The van der Waals surface area contributed by atoms with Crippen molar-refractivity contribution >= 4 is 17.4 Å². The number of aryl methyl sites for hydroxylation is 2. The van der Waals surface area contributed by atoms with Crippen molar-refractivity contribution in [3.63, 3.8) is 0 Å². The number of nitrogens with zero attached hydrogens (tertiary/aromatic N) is 3. The molecule has 0 saturated carbocycles. The number of methoxy groups -OCH3 is 1. The topological polar surface area (TPSA) is 80.7 Å². The minimum absolute atomic E-state index is 0.00151. The third kappa shape index (κ3) is 4.82. The first-order valence-electron chi connectivity index (χ1n) is 12.0. The summed E-state index contributed by atoms with van der Waals surface area (Å²) in [6.07, 6.45) is 2.63. The molecule has 0 spiro atoms. The zero-order valence-corrected chi connectivity index (χ0v) is 21.4. The summed E-state index contributed by atoms with van der Waals surface area (Å²) in [5.41, 5.74) is 3.49. The number of anilines is 1. The number of aromatic nitrogens is 2. The highest BCUT2D eigenvalue weighted by molar-refractivity contribution is 8.02. The standard InChI is InChI=1S/C25H35N5O3S/c1-6-19-22(27-20-14-29(15-21(20)33-8-3)25-26-11-12-34-25)24(31)30(7-2)23(28-19)18-10-9-17(32-5)13-16(18)4/h9-13,20-21,25-27H,6-8,14-15H2,1-5H3/t20?,21-,25?/m0/s1. The van der Waals surface area contributed by atoms with Crippen LogP contribution < -0.4 is 20.9 Å². The van der Waals surface area contributed by atoms with E-state index in [0.29, 0.717) is 31.1 Å². The number of likely N-dealkylation sites (tertiary alicyclic amines) is 1. The minimum atomic E-state index is -0.0386. The van der Waals surface area contributed by atoms with Crippen molar-refractivity contribution in [2.45, 2.75) is 58.3 Å². The first-order chi connectivity index (χ1) is 16.5. The van der Waals surface area contributed by atoms with Gasteiger partial charge in [0.2, 0.25) is 0 Å². The molecular formula is C25H35N5O3S. The largest absolute Gasteiger partial charge is 0.497 e. The van der Waals surface area contributed by atoms with Crippen LogP contribution in [0.5, 0.6) is 5.75 Å².